The lowest BCUT2D eigenvalue weighted by Crippen LogP contribution is -2.56. The standard InChI is InChI=1S/C14H24N2O5/c1-3-14(12(18)19)4-5-15(9-14)13(20)16-6-11(7-17)21-8-10(16)2/h10-11,17H,3-9H2,1-2H3,(H,18,19). The number of nitrogens with zero attached hydrogens (tertiary/aromatic N) is 2. The highest BCUT2D eigenvalue weighted by Gasteiger charge is 2.46. The number of aliphatic hydroxyl groups excluding tert-OH is 1. The monoisotopic (exact) mass is 300 g/mol. The van der Waals surface area contributed by atoms with Crippen LogP contribution < -0.4 is 0 Å². The molecule has 0 radical (unpaired) electrons. The van der Waals surface area contributed by atoms with Gasteiger partial charge in [0.25, 0.3) is 0 Å². The normalized spacial score (nSPS) is 33.3. The molecule has 0 aromatic rings. The van der Waals surface area contributed by atoms with Crippen molar-refractivity contribution in [2.75, 3.05) is 32.8 Å². The second-order valence-corrected chi connectivity index (χ2v) is 6.03. The fourth-order valence-electron chi connectivity index (χ4n) is 3.03. The number of carbonyl (C=O) groups is 2. The first-order valence-corrected chi connectivity index (χ1v) is 7.45. The maximum absolute atomic E-state index is 12.6. The molecule has 7 heteroatoms. The molecule has 2 saturated heterocycles. The first-order valence-electron chi connectivity index (χ1n) is 7.45. The van der Waals surface area contributed by atoms with E-state index in [0.29, 0.717) is 32.5 Å². The third kappa shape index (κ3) is 2.98. The molecule has 0 aromatic carbocycles. The number of carboxylic acid groups (broad SMARTS) is 1. The molecular weight excluding hydrogens is 276 g/mol. The summed E-state index contributed by atoms with van der Waals surface area (Å²) in [6, 6.07) is -0.220. The molecule has 7 nitrogen and oxygen atoms in total. The van der Waals surface area contributed by atoms with Gasteiger partial charge in [0.05, 0.1) is 37.3 Å². The van der Waals surface area contributed by atoms with Crippen LogP contribution in [0, 0.1) is 5.41 Å². The number of carbonyl (C=O) groups excluding carboxylic acids is 1. The van der Waals surface area contributed by atoms with Crippen LogP contribution in [0.2, 0.25) is 0 Å². The molecule has 0 aliphatic carbocycles. The molecule has 2 N–H and O–H groups in total. The van der Waals surface area contributed by atoms with Gasteiger partial charge >= 0.3 is 12.0 Å². The van der Waals surface area contributed by atoms with Crippen LogP contribution in [-0.2, 0) is 9.53 Å². The first-order chi connectivity index (χ1) is 9.93. The van der Waals surface area contributed by atoms with Crippen molar-refractivity contribution in [3.8, 4) is 0 Å². The van der Waals surface area contributed by atoms with Crippen molar-refractivity contribution in [1.82, 2.24) is 9.80 Å². The van der Waals surface area contributed by atoms with Crippen LogP contribution in [0.1, 0.15) is 26.7 Å². The van der Waals surface area contributed by atoms with E-state index < -0.39 is 11.4 Å². The summed E-state index contributed by atoms with van der Waals surface area (Å²) in [5.41, 5.74) is -0.818. The Labute approximate surface area is 124 Å². The molecule has 2 rings (SSSR count). The van der Waals surface area contributed by atoms with Gasteiger partial charge in [-0.25, -0.2) is 4.79 Å². The second-order valence-electron chi connectivity index (χ2n) is 6.03. The fraction of sp³-hybridized carbons (Fsp3) is 0.857. The molecule has 2 heterocycles. The Morgan fingerprint density at radius 3 is 2.67 bits per heavy atom. The van der Waals surface area contributed by atoms with Crippen LogP contribution in [0.15, 0.2) is 0 Å². The minimum Gasteiger partial charge on any atom is -0.481 e. The third-order valence-electron chi connectivity index (χ3n) is 4.71. The number of likely N-dealkylation sites (tertiary alicyclic amines) is 1. The summed E-state index contributed by atoms with van der Waals surface area (Å²) in [7, 11) is 0. The predicted molar refractivity (Wildman–Crippen MR) is 74.9 cm³/mol. The summed E-state index contributed by atoms with van der Waals surface area (Å²) in [4.78, 5) is 27.4. The van der Waals surface area contributed by atoms with Crippen molar-refractivity contribution in [1.29, 1.82) is 0 Å². The van der Waals surface area contributed by atoms with Gasteiger partial charge in [0, 0.05) is 13.1 Å². The number of urea groups is 1. The second kappa shape index (κ2) is 6.19. The minimum atomic E-state index is -0.830. The van der Waals surface area contributed by atoms with Crippen LogP contribution in [-0.4, -0.2) is 77.0 Å². The van der Waals surface area contributed by atoms with E-state index in [1.54, 1.807) is 9.80 Å². The predicted octanol–water partition coefficient (Wildman–Crippen LogP) is 0.375. The SMILES string of the molecule is CCC1(C(=O)O)CCN(C(=O)N2CC(CO)OCC2C)C1. The lowest BCUT2D eigenvalue weighted by molar-refractivity contribution is -0.148. The zero-order valence-electron chi connectivity index (χ0n) is 12.6. The zero-order valence-corrected chi connectivity index (χ0v) is 12.6. The number of carboxylic acids is 1. The summed E-state index contributed by atoms with van der Waals surface area (Å²) in [6.45, 7) is 5.08. The van der Waals surface area contributed by atoms with Gasteiger partial charge in [0.15, 0.2) is 0 Å². The lowest BCUT2D eigenvalue weighted by Gasteiger charge is -2.39. The van der Waals surface area contributed by atoms with E-state index in [1.165, 1.54) is 0 Å². The Bertz CT molecular complexity index is 416. The maximum Gasteiger partial charge on any atom is 0.320 e. The van der Waals surface area contributed by atoms with Gasteiger partial charge < -0.3 is 24.7 Å². The molecule has 3 unspecified atom stereocenters. The fourth-order valence-corrected chi connectivity index (χ4v) is 3.03. The molecule has 0 saturated carbocycles. The van der Waals surface area contributed by atoms with Crippen LogP contribution in [0.25, 0.3) is 0 Å². The van der Waals surface area contributed by atoms with E-state index in [9.17, 15) is 19.8 Å². The topological polar surface area (TPSA) is 90.3 Å². The summed E-state index contributed by atoms with van der Waals surface area (Å²) in [6.07, 6.45) is 0.652. The number of aliphatic carboxylic acids is 1. The Hall–Kier alpha value is -1.34. The number of amides is 2. The van der Waals surface area contributed by atoms with Crippen molar-refractivity contribution >= 4 is 12.0 Å². The Morgan fingerprint density at radius 1 is 1.43 bits per heavy atom. The average molecular weight is 300 g/mol. The summed E-state index contributed by atoms with van der Waals surface area (Å²) < 4.78 is 5.43. The molecule has 120 valence electrons. The van der Waals surface area contributed by atoms with E-state index in [1.807, 2.05) is 13.8 Å². The van der Waals surface area contributed by atoms with Crippen molar-refractivity contribution in [2.24, 2.45) is 5.41 Å². The van der Waals surface area contributed by atoms with Gasteiger partial charge in [-0.1, -0.05) is 6.92 Å². The van der Waals surface area contributed by atoms with Crippen molar-refractivity contribution in [3.05, 3.63) is 0 Å². The van der Waals surface area contributed by atoms with Crippen LogP contribution in [0.4, 0.5) is 4.79 Å². The quantitative estimate of drug-likeness (QED) is 0.786. The number of morpholine rings is 1. The smallest absolute Gasteiger partial charge is 0.320 e. The molecule has 3 atom stereocenters. The number of rotatable bonds is 3. The molecule has 2 aliphatic rings. The van der Waals surface area contributed by atoms with E-state index in [-0.39, 0.29) is 31.3 Å². The molecule has 2 amide bonds. The van der Waals surface area contributed by atoms with Gasteiger partial charge in [-0.05, 0) is 19.8 Å². The van der Waals surface area contributed by atoms with Crippen molar-refractivity contribution in [2.45, 2.75) is 38.8 Å². The number of hydrogen-bond acceptors (Lipinski definition) is 4. The molecule has 21 heavy (non-hydrogen) atoms. The maximum atomic E-state index is 12.6. The summed E-state index contributed by atoms with van der Waals surface area (Å²) in [5.74, 6) is -0.830. The Kier molecular flexibility index (Phi) is 4.73. The molecule has 2 fully saturated rings. The van der Waals surface area contributed by atoms with Gasteiger partial charge in [-0.15, -0.1) is 0 Å². The van der Waals surface area contributed by atoms with Gasteiger partial charge in [0.2, 0.25) is 0 Å². The first kappa shape index (κ1) is 16.0. The van der Waals surface area contributed by atoms with Crippen molar-refractivity contribution < 1.29 is 24.5 Å². The van der Waals surface area contributed by atoms with Gasteiger partial charge in [-0.2, -0.15) is 0 Å². The summed E-state index contributed by atoms with van der Waals surface area (Å²) in [5, 5.41) is 18.6. The van der Waals surface area contributed by atoms with Crippen LogP contribution >= 0.6 is 0 Å². The van der Waals surface area contributed by atoms with Crippen LogP contribution in [0.5, 0.6) is 0 Å². The number of ether oxygens (including phenoxy) is 1. The average Bonchev–Trinajstić information content (AvgIpc) is 2.93. The molecule has 0 bridgehead atoms. The van der Waals surface area contributed by atoms with E-state index in [2.05, 4.69) is 0 Å². The van der Waals surface area contributed by atoms with E-state index in [0.717, 1.165) is 0 Å². The Morgan fingerprint density at radius 2 is 2.14 bits per heavy atom. The molecule has 2 aliphatic heterocycles. The summed E-state index contributed by atoms with van der Waals surface area (Å²) >= 11 is 0. The minimum absolute atomic E-state index is 0.0678. The largest absolute Gasteiger partial charge is 0.481 e. The number of aliphatic hydroxyl groups is 1. The number of hydrogen-bond donors (Lipinski definition) is 2. The van der Waals surface area contributed by atoms with E-state index in [4.69, 9.17) is 4.74 Å². The van der Waals surface area contributed by atoms with Crippen molar-refractivity contribution in [3.63, 3.8) is 0 Å². The van der Waals surface area contributed by atoms with Gasteiger partial charge in [0.1, 0.15) is 0 Å². The van der Waals surface area contributed by atoms with E-state index >= 15 is 0 Å². The van der Waals surface area contributed by atoms with Gasteiger partial charge in [-0.3, -0.25) is 4.79 Å². The molecule has 0 spiro atoms. The zero-order chi connectivity index (χ0) is 15.6. The van der Waals surface area contributed by atoms with Crippen LogP contribution in [0.3, 0.4) is 0 Å². The lowest BCUT2D eigenvalue weighted by atomic mass is 9.84. The Balaban J connectivity index is 2.05. The third-order valence-corrected chi connectivity index (χ3v) is 4.71. The molecule has 0 aromatic heterocycles. The highest BCUT2D eigenvalue weighted by Crippen LogP contribution is 2.35. The highest BCUT2D eigenvalue weighted by atomic mass is 16.5. The molecular formula is C14H24N2O5. The highest BCUT2D eigenvalue weighted by molar-refractivity contribution is 5.80.